The van der Waals surface area contributed by atoms with Crippen molar-refractivity contribution in [2.24, 2.45) is 5.73 Å². The number of nitrogens with zero attached hydrogens (tertiary/aromatic N) is 3. The molecule has 4 aromatic rings. The molecule has 1 aliphatic carbocycles. The van der Waals surface area contributed by atoms with Gasteiger partial charge in [0.15, 0.2) is 11.5 Å². The van der Waals surface area contributed by atoms with E-state index in [-0.39, 0.29) is 12.1 Å². The number of methoxy groups -OCH3 is 2. The summed E-state index contributed by atoms with van der Waals surface area (Å²) in [6, 6.07) is 7.74. The van der Waals surface area contributed by atoms with E-state index in [9.17, 15) is 0 Å². The topological polar surface area (TPSA) is 118 Å². The summed E-state index contributed by atoms with van der Waals surface area (Å²) in [4.78, 5) is 13.5. The average Bonchev–Trinajstić information content (AvgIpc) is 2.84. The molecule has 0 amide bonds. The number of benzene rings is 1. The summed E-state index contributed by atoms with van der Waals surface area (Å²) < 4.78 is 17.1. The van der Waals surface area contributed by atoms with Gasteiger partial charge in [-0.25, -0.2) is 4.98 Å². The van der Waals surface area contributed by atoms with Crippen LogP contribution in [0.2, 0.25) is 0 Å². The maximum atomic E-state index is 6.34. The highest BCUT2D eigenvalue weighted by Crippen LogP contribution is 2.37. The van der Waals surface area contributed by atoms with Gasteiger partial charge in [-0.05, 0) is 42.8 Å². The summed E-state index contributed by atoms with van der Waals surface area (Å²) in [5, 5.41) is 2.59. The molecule has 1 aliphatic rings. The molecule has 3 heterocycles. The fourth-order valence-electron chi connectivity index (χ4n) is 4.48. The van der Waals surface area contributed by atoms with Crippen LogP contribution in [0.1, 0.15) is 25.7 Å². The summed E-state index contributed by atoms with van der Waals surface area (Å²) >= 11 is 0. The minimum absolute atomic E-state index is 0.00268. The molecule has 5 rings (SSSR count). The molecule has 0 unspecified atom stereocenters. The number of nitrogens with two attached hydrogens (primary N) is 2. The second-order valence-electron chi connectivity index (χ2n) is 8.35. The lowest BCUT2D eigenvalue weighted by Crippen LogP contribution is -2.41. The molecular formula is C25H27N5O3. The van der Waals surface area contributed by atoms with Crippen LogP contribution < -0.4 is 25.7 Å². The third kappa shape index (κ3) is 3.98. The van der Waals surface area contributed by atoms with Crippen molar-refractivity contribution in [3.63, 3.8) is 0 Å². The van der Waals surface area contributed by atoms with Crippen molar-refractivity contribution >= 4 is 27.5 Å². The molecule has 8 heteroatoms. The van der Waals surface area contributed by atoms with Crippen molar-refractivity contribution in [3.05, 3.63) is 42.9 Å². The Kier molecular flexibility index (Phi) is 5.60. The normalized spacial score (nSPS) is 18.4. The standard InChI is InChI=1S/C25H27N5O3/c1-31-23-9-17-16-8-20(30-25(27)18(16)13-29-21(17)10-24(23)32-2)14-7-15(12-28-11-14)33-22-6-4-3-5-19(22)26/h7-13,19,22H,3-6,26H2,1-2H3,(H2,27,30)/t19-,22+/m0/s1. The molecule has 1 aromatic carbocycles. The largest absolute Gasteiger partial charge is 0.493 e. The minimum Gasteiger partial charge on any atom is -0.493 e. The fourth-order valence-corrected chi connectivity index (χ4v) is 4.48. The molecular weight excluding hydrogens is 418 g/mol. The number of aromatic nitrogens is 3. The first-order valence-corrected chi connectivity index (χ1v) is 11.1. The molecule has 0 saturated heterocycles. The lowest BCUT2D eigenvalue weighted by atomic mass is 9.93. The molecule has 0 aliphatic heterocycles. The molecule has 0 radical (unpaired) electrons. The van der Waals surface area contributed by atoms with Crippen LogP contribution in [0.25, 0.3) is 32.9 Å². The second-order valence-corrected chi connectivity index (χ2v) is 8.35. The Hall–Kier alpha value is -3.65. The van der Waals surface area contributed by atoms with Crippen molar-refractivity contribution in [1.29, 1.82) is 0 Å². The first-order valence-electron chi connectivity index (χ1n) is 11.1. The van der Waals surface area contributed by atoms with E-state index in [1.165, 1.54) is 0 Å². The summed E-state index contributed by atoms with van der Waals surface area (Å²) in [6.45, 7) is 0. The highest BCUT2D eigenvalue weighted by Gasteiger charge is 2.23. The number of hydrogen-bond acceptors (Lipinski definition) is 8. The van der Waals surface area contributed by atoms with Crippen molar-refractivity contribution in [2.45, 2.75) is 37.8 Å². The molecule has 2 atom stereocenters. The van der Waals surface area contributed by atoms with Crippen LogP contribution in [-0.2, 0) is 0 Å². The fraction of sp³-hybridized carbons (Fsp3) is 0.320. The lowest BCUT2D eigenvalue weighted by Gasteiger charge is -2.29. The van der Waals surface area contributed by atoms with Gasteiger partial charge in [0.05, 0.1) is 31.6 Å². The zero-order valence-electron chi connectivity index (χ0n) is 18.7. The SMILES string of the molecule is COc1cc2ncc3c(N)nc(-c4cncc(O[C@@H]5CCCC[C@@H]5N)c4)cc3c2cc1OC. The van der Waals surface area contributed by atoms with Gasteiger partial charge in [-0.1, -0.05) is 6.42 Å². The van der Waals surface area contributed by atoms with E-state index >= 15 is 0 Å². The number of hydrogen-bond donors (Lipinski definition) is 2. The molecule has 1 fully saturated rings. The molecule has 0 spiro atoms. The number of fused-ring (bicyclic) bond motifs is 3. The summed E-state index contributed by atoms with van der Waals surface area (Å²) in [5.74, 6) is 2.32. The van der Waals surface area contributed by atoms with Crippen molar-refractivity contribution in [1.82, 2.24) is 15.0 Å². The number of anilines is 1. The monoisotopic (exact) mass is 445 g/mol. The van der Waals surface area contributed by atoms with Crippen molar-refractivity contribution in [2.75, 3.05) is 20.0 Å². The van der Waals surface area contributed by atoms with Crippen molar-refractivity contribution < 1.29 is 14.2 Å². The number of pyridine rings is 3. The van der Waals surface area contributed by atoms with Gasteiger partial charge in [0.25, 0.3) is 0 Å². The van der Waals surface area contributed by atoms with Gasteiger partial charge >= 0.3 is 0 Å². The Morgan fingerprint density at radius 1 is 0.879 bits per heavy atom. The molecule has 4 N–H and O–H groups in total. The van der Waals surface area contributed by atoms with E-state index < -0.39 is 0 Å². The van der Waals surface area contributed by atoms with Crippen LogP contribution in [-0.4, -0.2) is 41.3 Å². The van der Waals surface area contributed by atoms with Crippen LogP contribution in [0.4, 0.5) is 5.82 Å². The smallest absolute Gasteiger partial charge is 0.162 e. The molecule has 8 nitrogen and oxygen atoms in total. The quantitative estimate of drug-likeness (QED) is 0.441. The number of nitrogen functional groups attached to an aromatic ring is 1. The van der Waals surface area contributed by atoms with E-state index in [1.54, 1.807) is 32.8 Å². The van der Waals surface area contributed by atoms with Gasteiger partial charge < -0.3 is 25.7 Å². The Morgan fingerprint density at radius 2 is 1.67 bits per heavy atom. The third-order valence-corrected chi connectivity index (χ3v) is 6.26. The van der Waals surface area contributed by atoms with Crippen LogP contribution in [0.5, 0.6) is 17.2 Å². The van der Waals surface area contributed by atoms with Crippen LogP contribution in [0.15, 0.2) is 42.9 Å². The van der Waals surface area contributed by atoms with E-state index in [2.05, 4.69) is 15.0 Å². The second kappa shape index (κ2) is 8.71. The lowest BCUT2D eigenvalue weighted by molar-refractivity contribution is 0.132. The van der Waals surface area contributed by atoms with E-state index in [0.29, 0.717) is 28.8 Å². The predicted molar refractivity (Wildman–Crippen MR) is 129 cm³/mol. The minimum atomic E-state index is 0.00268. The Labute approximate surface area is 191 Å². The van der Waals surface area contributed by atoms with Gasteiger partial charge in [-0.2, -0.15) is 0 Å². The number of ether oxygens (including phenoxy) is 3. The molecule has 33 heavy (non-hydrogen) atoms. The molecule has 3 aromatic heterocycles. The maximum absolute atomic E-state index is 6.34. The Bertz CT molecular complexity index is 1330. The summed E-state index contributed by atoms with van der Waals surface area (Å²) in [5.41, 5.74) is 14.9. The van der Waals surface area contributed by atoms with Crippen LogP contribution in [0, 0.1) is 0 Å². The third-order valence-electron chi connectivity index (χ3n) is 6.26. The number of rotatable bonds is 5. The highest BCUT2D eigenvalue weighted by molar-refractivity contribution is 6.10. The summed E-state index contributed by atoms with van der Waals surface area (Å²) in [7, 11) is 3.21. The van der Waals surface area contributed by atoms with E-state index in [4.69, 9.17) is 25.7 Å². The molecule has 170 valence electrons. The maximum Gasteiger partial charge on any atom is 0.162 e. The van der Waals surface area contributed by atoms with E-state index in [0.717, 1.165) is 52.9 Å². The first-order chi connectivity index (χ1) is 16.1. The van der Waals surface area contributed by atoms with Gasteiger partial charge in [0.1, 0.15) is 17.7 Å². The van der Waals surface area contributed by atoms with E-state index in [1.807, 2.05) is 24.3 Å². The van der Waals surface area contributed by atoms with Gasteiger partial charge in [-0.3, -0.25) is 9.97 Å². The Balaban J connectivity index is 1.59. The van der Waals surface area contributed by atoms with Crippen LogP contribution in [0.3, 0.4) is 0 Å². The molecule has 1 saturated carbocycles. The first kappa shape index (κ1) is 21.2. The predicted octanol–water partition coefficient (Wildman–Crippen LogP) is 4.09. The Morgan fingerprint density at radius 3 is 2.45 bits per heavy atom. The summed E-state index contributed by atoms with van der Waals surface area (Å²) in [6.07, 6.45) is 9.43. The van der Waals surface area contributed by atoms with Crippen molar-refractivity contribution in [3.8, 4) is 28.5 Å². The molecule has 0 bridgehead atoms. The van der Waals surface area contributed by atoms with Gasteiger partial charge in [0, 0.05) is 40.8 Å². The van der Waals surface area contributed by atoms with Gasteiger partial charge in [0.2, 0.25) is 0 Å². The zero-order chi connectivity index (χ0) is 22.9. The highest BCUT2D eigenvalue weighted by atomic mass is 16.5. The van der Waals surface area contributed by atoms with Gasteiger partial charge in [-0.15, -0.1) is 0 Å². The zero-order valence-corrected chi connectivity index (χ0v) is 18.7. The van der Waals surface area contributed by atoms with Crippen LogP contribution >= 0.6 is 0 Å². The average molecular weight is 446 g/mol.